The molecule has 2 N–H and O–H groups in total. The molecule has 4 rings (SSSR count). The Kier molecular flexibility index (Phi) is 3.73. The van der Waals surface area contributed by atoms with Gasteiger partial charge in [-0.1, -0.05) is 60.3 Å². The number of benzene rings is 3. The Labute approximate surface area is 139 Å². The molecule has 0 saturated carbocycles. The van der Waals surface area contributed by atoms with E-state index in [-0.39, 0.29) is 0 Å². The molecule has 0 atom stereocenters. The normalized spacial score (nSPS) is 11.9. The highest BCUT2D eigenvalue weighted by molar-refractivity contribution is 7.99. The minimum atomic E-state index is -0.994. The fourth-order valence-electron chi connectivity index (χ4n) is 2.54. The first kappa shape index (κ1) is 14.2. The Morgan fingerprint density at radius 3 is 2.43 bits per heavy atom. The molecule has 1 heterocycles. The van der Waals surface area contributed by atoms with Crippen LogP contribution in [-0.2, 0) is 0 Å². The van der Waals surface area contributed by atoms with E-state index < -0.39 is 7.12 Å². The van der Waals surface area contributed by atoms with Crippen LogP contribution in [0.2, 0.25) is 0 Å². The molecule has 0 bridgehead atoms. The van der Waals surface area contributed by atoms with Gasteiger partial charge in [-0.25, -0.2) is 0 Å². The monoisotopic (exact) mass is 319 g/mol. The van der Waals surface area contributed by atoms with Crippen molar-refractivity contribution in [3.05, 3.63) is 72.8 Å². The van der Waals surface area contributed by atoms with Crippen molar-refractivity contribution < 1.29 is 9.68 Å². The van der Waals surface area contributed by atoms with E-state index in [0.717, 1.165) is 21.7 Å². The summed E-state index contributed by atoms with van der Waals surface area (Å²) >= 11 is 1.70. The quantitative estimate of drug-likeness (QED) is 0.566. The second-order valence-electron chi connectivity index (χ2n) is 5.23. The summed E-state index contributed by atoms with van der Waals surface area (Å²) in [4.78, 5) is 2.27. The van der Waals surface area contributed by atoms with E-state index in [1.54, 1.807) is 11.8 Å². The maximum absolute atomic E-state index is 10.3. The van der Waals surface area contributed by atoms with E-state index in [4.69, 9.17) is 4.65 Å². The molecule has 3 aromatic carbocycles. The molecule has 112 valence electrons. The van der Waals surface area contributed by atoms with Gasteiger partial charge < -0.3 is 15.0 Å². The highest BCUT2D eigenvalue weighted by Crippen LogP contribution is 2.47. The van der Waals surface area contributed by atoms with Crippen LogP contribution in [-0.4, -0.2) is 12.1 Å². The topological polar surface area (TPSA) is 41.5 Å². The van der Waals surface area contributed by atoms with E-state index in [1.807, 2.05) is 66.7 Å². The van der Waals surface area contributed by atoms with Gasteiger partial charge in [0.1, 0.15) is 5.75 Å². The average molecular weight is 319 g/mol. The Balaban J connectivity index is 1.65. The van der Waals surface area contributed by atoms with Crippen LogP contribution < -0.4 is 15.4 Å². The number of hydrogen-bond acceptors (Lipinski definition) is 4. The smallest absolute Gasteiger partial charge is 0.531 e. The maximum atomic E-state index is 10.3. The van der Waals surface area contributed by atoms with E-state index in [1.165, 1.54) is 4.90 Å². The van der Waals surface area contributed by atoms with Crippen molar-refractivity contribution in [2.75, 3.05) is 5.32 Å². The first-order valence-corrected chi connectivity index (χ1v) is 8.19. The number of nitrogens with one attached hydrogen (secondary N) is 1. The molecular formula is C18H14BNO2S. The lowest BCUT2D eigenvalue weighted by atomic mass is 9.79. The van der Waals surface area contributed by atoms with E-state index in [2.05, 4.69) is 11.4 Å². The molecule has 3 nitrogen and oxygen atoms in total. The van der Waals surface area contributed by atoms with Crippen molar-refractivity contribution >= 4 is 35.7 Å². The van der Waals surface area contributed by atoms with Gasteiger partial charge in [0.05, 0.1) is 11.4 Å². The summed E-state index contributed by atoms with van der Waals surface area (Å²) in [6.07, 6.45) is 0. The summed E-state index contributed by atoms with van der Waals surface area (Å²) in [5.41, 5.74) is 2.68. The molecule has 1 aliphatic heterocycles. The molecule has 0 radical (unpaired) electrons. The predicted octanol–water partition coefficient (Wildman–Crippen LogP) is 3.66. The van der Waals surface area contributed by atoms with Gasteiger partial charge in [0.2, 0.25) is 0 Å². The molecule has 5 heteroatoms. The fourth-order valence-corrected chi connectivity index (χ4v) is 3.55. The van der Waals surface area contributed by atoms with Gasteiger partial charge in [-0.2, -0.15) is 0 Å². The highest BCUT2D eigenvalue weighted by Gasteiger charge is 2.23. The summed E-state index contributed by atoms with van der Waals surface area (Å²) in [5, 5.41) is 13.7. The summed E-state index contributed by atoms with van der Waals surface area (Å²) in [6, 6.07) is 23.4. The van der Waals surface area contributed by atoms with Crippen LogP contribution in [0.15, 0.2) is 82.6 Å². The lowest BCUT2D eigenvalue weighted by Crippen LogP contribution is -2.36. The Bertz CT molecular complexity index is 841. The van der Waals surface area contributed by atoms with Crippen LogP contribution in [0.5, 0.6) is 5.75 Å². The van der Waals surface area contributed by atoms with Gasteiger partial charge in [-0.3, -0.25) is 0 Å². The van der Waals surface area contributed by atoms with Gasteiger partial charge in [0.15, 0.2) is 0 Å². The molecule has 23 heavy (non-hydrogen) atoms. The van der Waals surface area contributed by atoms with E-state index in [9.17, 15) is 5.02 Å². The molecule has 0 spiro atoms. The average Bonchev–Trinajstić information content (AvgIpc) is 2.61. The first-order valence-electron chi connectivity index (χ1n) is 7.38. The summed E-state index contributed by atoms with van der Waals surface area (Å²) < 4.78 is 5.79. The number of anilines is 2. The molecule has 0 aliphatic carbocycles. The van der Waals surface area contributed by atoms with Crippen molar-refractivity contribution in [2.24, 2.45) is 0 Å². The number of para-hydroxylation sites is 2. The maximum Gasteiger partial charge on any atom is 0.560 e. The Morgan fingerprint density at radius 1 is 0.826 bits per heavy atom. The zero-order chi connectivity index (χ0) is 15.6. The first-order chi connectivity index (χ1) is 11.3. The molecule has 0 fully saturated rings. The zero-order valence-corrected chi connectivity index (χ0v) is 13.1. The van der Waals surface area contributed by atoms with Crippen molar-refractivity contribution in [3.8, 4) is 5.75 Å². The van der Waals surface area contributed by atoms with Crippen LogP contribution in [0.1, 0.15) is 0 Å². The van der Waals surface area contributed by atoms with Crippen LogP contribution in [0.4, 0.5) is 11.4 Å². The summed E-state index contributed by atoms with van der Waals surface area (Å²) in [6.45, 7) is 0. The standard InChI is InChI=1S/C18H14BNO2S/c21-19(13-7-2-1-3-8-13)22-15-10-6-12-17-18(15)20-14-9-4-5-11-16(14)23-17/h1-12,20-21H. The Hall–Kier alpha value is -2.37. The van der Waals surface area contributed by atoms with Gasteiger partial charge in [0.25, 0.3) is 0 Å². The fraction of sp³-hybridized carbons (Fsp3) is 0. The summed E-state index contributed by atoms with van der Waals surface area (Å²) in [7, 11) is -0.994. The minimum absolute atomic E-state index is 0.640. The molecule has 0 amide bonds. The summed E-state index contributed by atoms with van der Waals surface area (Å²) in [5.74, 6) is 0.640. The molecule has 3 aromatic rings. The lowest BCUT2D eigenvalue weighted by molar-refractivity contribution is 0.433. The van der Waals surface area contributed by atoms with Gasteiger partial charge in [-0.05, 0) is 29.7 Å². The number of rotatable bonds is 3. The Morgan fingerprint density at radius 2 is 1.57 bits per heavy atom. The molecule has 0 aromatic heterocycles. The van der Waals surface area contributed by atoms with Crippen molar-refractivity contribution in [3.63, 3.8) is 0 Å². The van der Waals surface area contributed by atoms with Crippen LogP contribution >= 0.6 is 11.8 Å². The molecule has 0 saturated heterocycles. The zero-order valence-electron chi connectivity index (χ0n) is 12.3. The van der Waals surface area contributed by atoms with Crippen LogP contribution in [0, 0.1) is 0 Å². The second-order valence-corrected chi connectivity index (χ2v) is 6.32. The van der Waals surface area contributed by atoms with E-state index >= 15 is 0 Å². The van der Waals surface area contributed by atoms with Crippen molar-refractivity contribution in [1.29, 1.82) is 0 Å². The van der Waals surface area contributed by atoms with Crippen LogP contribution in [0.25, 0.3) is 0 Å². The molecule has 1 aliphatic rings. The van der Waals surface area contributed by atoms with E-state index in [0.29, 0.717) is 5.75 Å². The SMILES string of the molecule is OB(Oc1cccc2c1Nc1ccccc1S2)c1ccccc1. The third kappa shape index (κ3) is 2.81. The third-order valence-corrected chi connectivity index (χ3v) is 4.81. The molecular weight excluding hydrogens is 305 g/mol. The second kappa shape index (κ2) is 6.03. The number of hydrogen-bond donors (Lipinski definition) is 2. The van der Waals surface area contributed by atoms with Crippen LogP contribution in [0.3, 0.4) is 0 Å². The largest absolute Gasteiger partial charge is 0.560 e. The highest BCUT2D eigenvalue weighted by atomic mass is 32.2. The number of fused-ring (bicyclic) bond motifs is 2. The van der Waals surface area contributed by atoms with Crippen molar-refractivity contribution in [2.45, 2.75) is 9.79 Å². The van der Waals surface area contributed by atoms with Gasteiger partial charge >= 0.3 is 7.12 Å². The van der Waals surface area contributed by atoms with Gasteiger partial charge in [0, 0.05) is 9.79 Å². The lowest BCUT2D eigenvalue weighted by Gasteiger charge is -2.23. The van der Waals surface area contributed by atoms with Crippen molar-refractivity contribution in [1.82, 2.24) is 0 Å². The predicted molar refractivity (Wildman–Crippen MR) is 95.0 cm³/mol. The molecule has 0 unspecified atom stereocenters. The minimum Gasteiger partial charge on any atom is -0.531 e. The van der Waals surface area contributed by atoms with Gasteiger partial charge in [-0.15, -0.1) is 0 Å². The third-order valence-electron chi connectivity index (χ3n) is 3.68.